The normalized spacial score (nSPS) is 15.6. The van der Waals surface area contributed by atoms with E-state index in [1.54, 1.807) is 14.2 Å². The summed E-state index contributed by atoms with van der Waals surface area (Å²) in [5, 5.41) is 3.11. The molecule has 132 valence electrons. The molecule has 1 aliphatic rings. The maximum absolute atomic E-state index is 6.07. The average molecular weight is 404 g/mol. The quantitative estimate of drug-likeness (QED) is 0.566. The molecule has 0 heterocycles. The van der Waals surface area contributed by atoms with Crippen LogP contribution < -0.4 is 20.5 Å². The summed E-state index contributed by atoms with van der Waals surface area (Å²) in [4.78, 5) is 4.55. The summed E-state index contributed by atoms with van der Waals surface area (Å²) >= 11 is 3.54. The van der Waals surface area contributed by atoms with Crippen LogP contribution >= 0.6 is 15.9 Å². The van der Waals surface area contributed by atoms with E-state index in [0.29, 0.717) is 24.0 Å². The van der Waals surface area contributed by atoms with Crippen LogP contribution in [0.3, 0.4) is 0 Å². The van der Waals surface area contributed by atoms with Crippen LogP contribution in [0, 0.1) is 0 Å². The van der Waals surface area contributed by atoms with Crippen LogP contribution in [0.4, 0.5) is 5.69 Å². The van der Waals surface area contributed by atoms with E-state index < -0.39 is 0 Å². The molecule has 1 aliphatic carbocycles. The van der Waals surface area contributed by atoms with Gasteiger partial charge in [-0.3, -0.25) is 4.99 Å². The fourth-order valence-electron chi connectivity index (χ4n) is 2.85. The first-order valence-corrected chi connectivity index (χ1v) is 8.91. The van der Waals surface area contributed by atoms with Crippen molar-refractivity contribution >= 4 is 27.6 Å². The molecular weight excluding hydrogens is 382 g/mol. The number of nitrogens with zero attached hydrogens (tertiary/aromatic N) is 1. The summed E-state index contributed by atoms with van der Waals surface area (Å²) in [5.41, 5.74) is 8.31. The highest BCUT2D eigenvalue weighted by Crippen LogP contribution is 2.48. The van der Waals surface area contributed by atoms with Gasteiger partial charge in [-0.1, -0.05) is 28.1 Å². The Bertz CT molecular complexity index is 788. The standard InChI is InChI=1S/C19H22BrN3O2/c1-24-16-7-6-15(11-17(16)25-2)23-18(21)22-12-19(8-9-19)13-4-3-5-14(20)10-13/h3-7,10-11H,8-9,12H2,1-2H3,(H3,21,22,23). The highest BCUT2D eigenvalue weighted by atomic mass is 79.9. The lowest BCUT2D eigenvalue weighted by atomic mass is 9.96. The second kappa shape index (κ2) is 7.35. The summed E-state index contributed by atoms with van der Waals surface area (Å²) in [6.45, 7) is 0.676. The summed E-state index contributed by atoms with van der Waals surface area (Å²) in [5.74, 6) is 1.72. The lowest BCUT2D eigenvalue weighted by Gasteiger charge is -2.15. The molecule has 2 aromatic rings. The van der Waals surface area contributed by atoms with Crippen molar-refractivity contribution in [2.75, 3.05) is 26.1 Å². The Morgan fingerprint density at radius 1 is 1.16 bits per heavy atom. The van der Waals surface area contributed by atoms with E-state index in [1.807, 2.05) is 24.3 Å². The van der Waals surface area contributed by atoms with Gasteiger partial charge in [0.25, 0.3) is 0 Å². The van der Waals surface area contributed by atoms with Gasteiger partial charge in [0.15, 0.2) is 17.5 Å². The number of guanidine groups is 1. The molecular formula is C19H22BrN3O2. The molecule has 0 amide bonds. The first-order chi connectivity index (χ1) is 12.1. The molecule has 2 aromatic carbocycles. The molecule has 3 rings (SSSR count). The Morgan fingerprint density at radius 2 is 1.92 bits per heavy atom. The molecule has 0 bridgehead atoms. The Labute approximate surface area is 156 Å². The van der Waals surface area contributed by atoms with Gasteiger partial charge in [0.05, 0.1) is 20.8 Å². The second-order valence-electron chi connectivity index (χ2n) is 6.19. The Hall–Kier alpha value is -2.21. The molecule has 3 N–H and O–H groups in total. The minimum atomic E-state index is 0.119. The number of hydrogen-bond donors (Lipinski definition) is 2. The number of nitrogens with one attached hydrogen (secondary N) is 1. The average Bonchev–Trinajstić information content (AvgIpc) is 3.41. The highest BCUT2D eigenvalue weighted by molar-refractivity contribution is 9.10. The monoisotopic (exact) mass is 403 g/mol. The van der Waals surface area contributed by atoms with Crippen LogP contribution in [0.5, 0.6) is 11.5 Å². The van der Waals surface area contributed by atoms with Crippen LogP contribution in [0.25, 0.3) is 0 Å². The van der Waals surface area contributed by atoms with Crippen molar-refractivity contribution in [3.8, 4) is 11.5 Å². The van der Waals surface area contributed by atoms with Gasteiger partial charge in [0.1, 0.15) is 0 Å². The van der Waals surface area contributed by atoms with Gasteiger partial charge < -0.3 is 20.5 Å². The Balaban J connectivity index is 1.68. The van der Waals surface area contributed by atoms with E-state index in [9.17, 15) is 0 Å². The third kappa shape index (κ3) is 4.07. The van der Waals surface area contributed by atoms with Crippen molar-refractivity contribution in [1.29, 1.82) is 0 Å². The smallest absolute Gasteiger partial charge is 0.193 e. The topological polar surface area (TPSA) is 68.9 Å². The zero-order valence-corrected chi connectivity index (χ0v) is 16.0. The molecule has 0 unspecified atom stereocenters. The van der Waals surface area contributed by atoms with E-state index in [0.717, 1.165) is 23.0 Å². The molecule has 5 nitrogen and oxygen atoms in total. The molecule has 0 aromatic heterocycles. The number of benzene rings is 2. The van der Waals surface area contributed by atoms with Crippen LogP contribution in [-0.4, -0.2) is 26.7 Å². The number of halogens is 1. The zero-order chi connectivity index (χ0) is 17.9. The predicted molar refractivity (Wildman–Crippen MR) is 105 cm³/mol. The van der Waals surface area contributed by atoms with Crippen molar-refractivity contribution in [2.24, 2.45) is 10.7 Å². The third-order valence-electron chi connectivity index (χ3n) is 4.50. The summed E-state index contributed by atoms with van der Waals surface area (Å²) in [6, 6.07) is 14.0. The van der Waals surface area contributed by atoms with E-state index in [-0.39, 0.29) is 5.41 Å². The maximum Gasteiger partial charge on any atom is 0.193 e. The van der Waals surface area contributed by atoms with Gasteiger partial charge in [0, 0.05) is 21.6 Å². The van der Waals surface area contributed by atoms with Gasteiger partial charge in [-0.25, -0.2) is 0 Å². The van der Waals surface area contributed by atoms with E-state index in [1.165, 1.54) is 5.56 Å². The molecule has 6 heteroatoms. The van der Waals surface area contributed by atoms with Crippen molar-refractivity contribution in [3.05, 3.63) is 52.5 Å². The molecule has 0 spiro atoms. The molecule has 0 aliphatic heterocycles. The van der Waals surface area contributed by atoms with Gasteiger partial charge in [-0.2, -0.15) is 0 Å². The van der Waals surface area contributed by atoms with Crippen LogP contribution in [0.1, 0.15) is 18.4 Å². The Kier molecular flexibility index (Phi) is 5.18. The Morgan fingerprint density at radius 3 is 2.56 bits per heavy atom. The third-order valence-corrected chi connectivity index (χ3v) is 4.99. The second-order valence-corrected chi connectivity index (χ2v) is 7.10. The number of hydrogen-bond acceptors (Lipinski definition) is 3. The minimum Gasteiger partial charge on any atom is -0.493 e. The van der Waals surface area contributed by atoms with Crippen LogP contribution in [0.15, 0.2) is 51.9 Å². The zero-order valence-electron chi connectivity index (χ0n) is 14.4. The molecule has 1 saturated carbocycles. The highest BCUT2D eigenvalue weighted by Gasteiger charge is 2.44. The van der Waals surface area contributed by atoms with E-state index >= 15 is 0 Å². The van der Waals surface area contributed by atoms with Crippen molar-refractivity contribution in [2.45, 2.75) is 18.3 Å². The van der Waals surface area contributed by atoms with Gasteiger partial charge in [0.2, 0.25) is 0 Å². The molecule has 0 radical (unpaired) electrons. The van der Waals surface area contributed by atoms with Gasteiger partial charge in [-0.05, 0) is 42.7 Å². The minimum absolute atomic E-state index is 0.119. The number of nitrogens with two attached hydrogens (primary N) is 1. The van der Waals surface area contributed by atoms with Crippen molar-refractivity contribution in [1.82, 2.24) is 0 Å². The number of ether oxygens (including phenoxy) is 2. The van der Waals surface area contributed by atoms with Crippen LogP contribution in [0.2, 0.25) is 0 Å². The SMILES string of the molecule is COc1ccc(NC(N)=NCC2(c3cccc(Br)c3)CC2)cc1OC. The number of methoxy groups -OCH3 is 2. The predicted octanol–water partition coefficient (Wildman–Crippen LogP) is 3.92. The van der Waals surface area contributed by atoms with Crippen molar-refractivity contribution in [3.63, 3.8) is 0 Å². The fraction of sp³-hybridized carbons (Fsp3) is 0.316. The fourth-order valence-corrected chi connectivity index (χ4v) is 3.24. The largest absolute Gasteiger partial charge is 0.493 e. The van der Waals surface area contributed by atoms with Crippen molar-refractivity contribution < 1.29 is 9.47 Å². The molecule has 1 fully saturated rings. The number of aliphatic imine (C=N–C) groups is 1. The molecule has 0 atom stereocenters. The molecule has 25 heavy (non-hydrogen) atoms. The first-order valence-electron chi connectivity index (χ1n) is 8.11. The summed E-state index contributed by atoms with van der Waals surface area (Å²) in [6.07, 6.45) is 2.27. The summed E-state index contributed by atoms with van der Waals surface area (Å²) in [7, 11) is 3.21. The lowest BCUT2D eigenvalue weighted by Crippen LogP contribution is -2.25. The number of rotatable bonds is 6. The number of anilines is 1. The van der Waals surface area contributed by atoms with Gasteiger partial charge in [-0.15, -0.1) is 0 Å². The summed E-state index contributed by atoms with van der Waals surface area (Å²) < 4.78 is 11.6. The maximum atomic E-state index is 6.07. The van der Waals surface area contributed by atoms with Gasteiger partial charge >= 0.3 is 0 Å². The van der Waals surface area contributed by atoms with E-state index in [2.05, 4.69) is 44.4 Å². The lowest BCUT2D eigenvalue weighted by molar-refractivity contribution is 0.355. The van der Waals surface area contributed by atoms with Crippen LogP contribution in [-0.2, 0) is 5.41 Å². The molecule has 0 saturated heterocycles. The first kappa shape index (κ1) is 17.6. The van der Waals surface area contributed by atoms with E-state index in [4.69, 9.17) is 15.2 Å².